The minimum atomic E-state index is -0.0481. The standard InChI is InChI=1S/C14H10N2O/c1-2-4-13-11(3-1)16-12-6-5-9-7-15-8-10(9)14(12)17-13/h1-8,13,15H. The molecule has 0 radical (unpaired) electrons. The second-order valence-corrected chi connectivity index (χ2v) is 4.19. The van der Waals surface area contributed by atoms with E-state index < -0.39 is 0 Å². The van der Waals surface area contributed by atoms with Crippen LogP contribution in [0.15, 0.2) is 53.8 Å². The van der Waals surface area contributed by atoms with Gasteiger partial charge in [-0.1, -0.05) is 18.2 Å². The van der Waals surface area contributed by atoms with E-state index in [0.29, 0.717) is 0 Å². The molecule has 82 valence electrons. The van der Waals surface area contributed by atoms with E-state index in [1.807, 2.05) is 42.8 Å². The molecular weight excluding hydrogens is 212 g/mol. The number of H-pyrrole nitrogens is 1. The molecule has 1 aromatic carbocycles. The molecule has 2 heterocycles. The van der Waals surface area contributed by atoms with Crippen LogP contribution in [0.2, 0.25) is 0 Å². The number of nitrogens with one attached hydrogen (secondary N) is 1. The zero-order valence-corrected chi connectivity index (χ0v) is 9.05. The van der Waals surface area contributed by atoms with Crippen LogP contribution in [0.3, 0.4) is 0 Å². The summed E-state index contributed by atoms with van der Waals surface area (Å²) in [5.74, 6) is 0.873. The van der Waals surface area contributed by atoms with Gasteiger partial charge in [-0.3, -0.25) is 0 Å². The van der Waals surface area contributed by atoms with Crippen molar-refractivity contribution in [2.45, 2.75) is 6.10 Å². The van der Waals surface area contributed by atoms with E-state index in [1.165, 1.54) is 0 Å². The van der Waals surface area contributed by atoms with Crippen LogP contribution >= 0.6 is 0 Å². The summed E-state index contributed by atoms with van der Waals surface area (Å²) in [6.07, 6.45) is 11.9. The van der Waals surface area contributed by atoms with Crippen LogP contribution in [0.5, 0.6) is 5.75 Å². The third-order valence-corrected chi connectivity index (χ3v) is 3.13. The number of fused-ring (bicyclic) bond motifs is 4. The molecule has 1 atom stereocenters. The van der Waals surface area contributed by atoms with E-state index in [4.69, 9.17) is 4.74 Å². The first-order valence-electron chi connectivity index (χ1n) is 5.61. The highest BCUT2D eigenvalue weighted by Crippen LogP contribution is 2.39. The monoisotopic (exact) mass is 222 g/mol. The van der Waals surface area contributed by atoms with Crippen molar-refractivity contribution in [2.24, 2.45) is 4.99 Å². The molecule has 0 saturated carbocycles. The van der Waals surface area contributed by atoms with Gasteiger partial charge in [0, 0.05) is 23.2 Å². The fourth-order valence-corrected chi connectivity index (χ4v) is 2.28. The molecule has 17 heavy (non-hydrogen) atoms. The molecule has 0 fully saturated rings. The Kier molecular flexibility index (Phi) is 1.61. The normalized spacial score (nSPS) is 20.7. The Hall–Kier alpha value is -2.29. The van der Waals surface area contributed by atoms with Crippen molar-refractivity contribution >= 4 is 22.2 Å². The van der Waals surface area contributed by atoms with E-state index in [2.05, 4.69) is 16.0 Å². The second kappa shape index (κ2) is 3.10. The summed E-state index contributed by atoms with van der Waals surface area (Å²) in [6.45, 7) is 0. The van der Waals surface area contributed by atoms with Crippen LogP contribution in [0.1, 0.15) is 0 Å². The first-order chi connectivity index (χ1) is 8.42. The third kappa shape index (κ3) is 1.19. The Bertz CT molecular complexity index is 691. The average Bonchev–Trinajstić information content (AvgIpc) is 2.85. The summed E-state index contributed by atoms with van der Waals surface area (Å²) < 4.78 is 6.02. The Morgan fingerprint density at radius 3 is 3.18 bits per heavy atom. The number of benzene rings is 1. The van der Waals surface area contributed by atoms with Gasteiger partial charge in [-0.2, -0.15) is 0 Å². The molecule has 1 N–H and O–H groups in total. The van der Waals surface area contributed by atoms with Crippen LogP contribution < -0.4 is 4.74 Å². The van der Waals surface area contributed by atoms with Crippen molar-refractivity contribution in [2.75, 3.05) is 0 Å². The Labute approximate surface area is 98.1 Å². The smallest absolute Gasteiger partial charge is 0.159 e. The largest absolute Gasteiger partial charge is 0.477 e. The molecule has 4 rings (SSSR count). The Morgan fingerprint density at radius 2 is 2.18 bits per heavy atom. The number of allylic oxidation sites excluding steroid dienone is 2. The lowest BCUT2D eigenvalue weighted by Gasteiger charge is -2.24. The number of hydrogen-bond donors (Lipinski definition) is 1. The summed E-state index contributed by atoms with van der Waals surface area (Å²) in [7, 11) is 0. The first kappa shape index (κ1) is 8.82. The molecule has 1 aromatic heterocycles. The van der Waals surface area contributed by atoms with E-state index in [9.17, 15) is 0 Å². The number of aliphatic imine (C=N–C) groups is 1. The second-order valence-electron chi connectivity index (χ2n) is 4.19. The van der Waals surface area contributed by atoms with Crippen molar-refractivity contribution in [3.8, 4) is 5.75 Å². The maximum atomic E-state index is 6.02. The van der Waals surface area contributed by atoms with E-state index in [1.54, 1.807) is 0 Å². The maximum absolute atomic E-state index is 6.02. The van der Waals surface area contributed by atoms with Gasteiger partial charge in [0.05, 0.1) is 5.71 Å². The molecule has 3 nitrogen and oxygen atoms in total. The van der Waals surface area contributed by atoms with Crippen molar-refractivity contribution in [1.82, 2.24) is 4.98 Å². The van der Waals surface area contributed by atoms with Crippen LogP contribution in [0, 0.1) is 0 Å². The Morgan fingerprint density at radius 1 is 1.18 bits per heavy atom. The number of nitrogens with zero attached hydrogens (tertiary/aromatic N) is 1. The van der Waals surface area contributed by atoms with Gasteiger partial charge >= 0.3 is 0 Å². The molecule has 1 aliphatic heterocycles. The van der Waals surface area contributed by atoms with E-state index in [0.717, 1.165) is 27.9 Å². The predicted molar refractivity (Wildman–Crippen MR) is 68.1 cm³/mol. The van der Waals surface area contributed by atoms with Crippen LogP contribution in [0.25, 0.3) is 10.8 Å². The summed E-state index contributed by atoms with van der Waals surface area (Å²) in [6, 6.07) is 4.06. The minimum absolute atomic E-state index is 0.0481. The number of aromatic amines is 1. The van der Waals surface area contributed by atoms with Crippen LogP contribution in [-0.2, 0) is 0 Å². The average molecular weight is 222 g/mol. The van der Waals surface area contributed by atoms with Gasteiger partial charge in [0.1, 0.15) is 5.69 Å². The molecule has 1 aliphatic carbocycles. The fraction of sp³-hybridized carbons (Fsp3) is 0.0714. The van der Waals surface area contributed by atoms with Crippen LogP contribution in [0.4, 0.5) is 5.69 Å². The molecule has 2 aromatic rings. The topological polar surface area (TPSA) is 37.4 Å². The molecule has 0 bridgehead atoms. The van der Waals surface area contributed by atoms with Gasteiger partial charge in [-0.05, 0) is 18.2 Å². The summed E-state index contributed by atoms with van der Waals surface area (Å²) >= 11 is 0. The van der Waals surface area contributed by atoms with E-state index in [-0.39, 0.29) is 6.10 Å². The molecule has 0 saturated heterocycles. The van der Waals surface area contributed by atoms with Gasteiger partial charge in [0.2, 0.25) is 0 Å². The number of aromatic nitrogens is 1. The highest BCUT2D eigenvalue weighted by Gasteiger charge is 2.23. The van der Waals surface area contributed by atoms with Crippen molar-refractivity contribution in [3.05, 3.63) is 48.8 Å². The van der Waals surface area contributed by atoms with Gasteiger partial charge in [-0.25, -0.2) is 4.99 Å². The lowest BCUT2D eigenvalue weighted by molar-refractivity contribution is 0.313. The van der Waals surface area contributed by atoms with Crippen molar-refractivity contribution in [1.29, 1.82) is 0 Å². The molecule has 2 aliphatic rings. The zero-order chi connectivity index (χ0) is 11.2. The van der Waals surface area contributed by atoms with Gasteiger partial charge in [0.25, 0.3) is 0 Å². The quantitative estimate of drug-likeness (QED) is 0.730. The SMILES string of the molecule is C1=CC2=Nc3ccc4c[nH]cc4c3OC2C=C1. The number of ether oxygens (including phenoxy) is 1. The van der Waals surface area contributed by atoms with Gasteiger partial charge in [0.15, 0.2) is 11.9 Å². The lowest BCUT2D eigenvalue weighted by atomic mass is 10.1. The Balaban J connectivity index is 2.00. The minimum Gasteiger partial charge on any atom is -0.477 e. The van der Waals surface area contributed by atoms with Gasteiger partial charge < -0.3 is 9.72 Å². The van der Waals surface area contributed by atoms with E-state index >= 15 is 0 Å². The molecule has 0 amide bonds. The fourth-order valence-electron chi connectivity index (χ4n) is 2.28. The first-order valence-corrected chi connectivity index (χ1v) is 5.61. The van der Waals surface area contributed by atoms with Crippen molar-refractivity contribution < 1.29 is 4.74 Å². The number of hydrogen-bond acceptors (Lipinski definition) is 2. The zero-order valence-electron chi connectivity index (χ0n) is 9.05. The summed E-state index contributed by atoms with van der Waals surface area (Å²) in [4.78, 5) is 7.74. The summed E-state index contributed by atoms with van der Waals surface area (Å²) in [5, 5.41) is 2.24. The summed E-state index contributed by atoms with van der Waals surface area (Å²) in [5.41, 5.74) is 1.87. The van der Waals surface area contributed by atoms with Crippen LogP contribution in [-0.4, -0.2) is 16.8 Å². The molecule has 0 spiro atoms. The lowest BCUT2D eigenvalue weighted by Crippen LogP contribution is -2.27. The molecule has 1 unspecified atom stereocenters. The van der Waals surface area contributed by atoms with Crippen molar-refractivity contribution in [3.63, 3.8) is 0 Å². The maximum Gasteiger partial charge on any atom is 0.159 e. The highest BCUT2D eigenvalue weighted by molar-refractivity contribution is 6.06. The van der Waals surface area contributed by atoms with Gasteiger partial charge in [-0.15, -0.1) is 0 Å². The molecule has 3 heteroatoms. The third-order valence-electron chi connectivity index (χ3n) is 3.13. The highest BCUT2D eigenvalue weighted by atomic mass is 16.5. The molecular formula is C14H10N2O. The predicted octanol–water partition coefficient (Wildman–Crippen LogP) is 3.13. The number of rotatable bonds is 0.